The van der Waals surface area contributed by atoms with Crippen molar-refractivity contribution in [2.75, 3.05) is 25.0 Å². The highest BCUT2D eigenvalue weighted by molar-refractivity contribution is 8.01. The fraction of sp³-hybridized carbons (Fsp3) is 0.524. The third kappa shape index (κ3) is 4.73. The van der Waals surface area contributed by atoms with E-state index >= 15 is 0 Å². The first kappa shape index (κ1) is 21.4. The van der Waals surface area contributed by atoms with Crippen LogP contribution in [-0.4, -0.2) is 50.0 Å². The number of allylic oxidation sites excluding steroid dienone is 1. The van der Waals surface area contributed by atoms with Gasteiger partial charge in [-0.25, -0.2) is 13.1 Å². The van der Waals surface area contributed by atoms with E-state index in [1.807, 2.05) is 0 Å². The topological polar surface area (TPSA) is 95.6 Å². The third-order valence-electron chi connectivity index (χ3n) is 5.77. The third-order valence-corrected chi connectivity index (χ3v) is 8.49. The van der Waals surface area contributed by atoms with Crippen molar-refractivity contribution in [3.63, 3.8) is 0 Å². The second-order valence-electron chi connectivity index (χ2n) is 7.93. The minimum Gasteiger partial charge on any atom is -0.341 e. The molecule has 0 unspecified atom stereocenters. The van der Waals surface area contributed by atoms with Crippen molar-refractivity contribution in [1.82, 2.24) is 9.62 Å². The van der Waals surface area contributed by atoms with Gasteiger partial charge in [0.05, 0.1) is 10.6 Å². The van der Waals surface area contributed by atoms with E-state index in [9.17, 15) is 18.0 Å². The summed E-state index contributed by atoms with van der Waals surface area (Å²) in [4.78, 5) is 27.7. The van der Waals surface area contributed by atoms with Crippen molar-refractivity contribution in [2.24, 2.45) is 0 Å². The summed E-state index contributed by atoms with van der Waals surface area (Å²) in [7, 11) is -3.67. The fourth-order valence-corrected chi connectivity index (χ4v) is 6.19. The Kier molecular flexibility index (Phi) is 6.50. The van der Waals surface area contributed by atoms with Gasteiger partial charge in [-0.3, -0.25) is 9.59 Å². The summed E-state index contributed by atoms with van der Waals surface area (Å²) in [5, 5.41) is 1.91. The number of sulfonamides is 1. The molecule has 1 atom stereocenters. The largest absolute Gasteiger partial charge is 0.341 e. The summed E-state index contributed by atoms with van der Waals surface area (Å²) < 4.78 is 28.0. The fourth-order valence-electron chi connectivity index (χ4n) is 4.08. The molecule has 3 aliphatic rings. The zero-order chi connectivity index (χ0) is 21.1. The summed E-state index contributed by atoms with van der Waals surface area (Å²) in [6.45, 7) is 1.74. The number of benzene rings is 1. The molecule has 1 aromatic rings. The number of hydrogen-bond acceptors (Lipinski definition) is 5. The Balaban J connectivity index is 1.42. The van der Waals surface area contributed by atoms with E-state index in [2.05, 4.69) is 16.1 Å². The van der Waals surface area contributed by atoms with Crippen LogP contribution < -0.4 is 10.0 Å². The molecule has 0 radical (unpaired) electrons. The molecule has 0 saturated carbocycles. The van der Waals surface area contributed by atoms with Gasteiger partial charge in [-0.15, -0.1) is 11.8 Å². The SMILES string of the molecule is O=C1Nc2cc(S(=O)(=O)NCCC3=CCCCC3)ccc2S[C@@H]1C(=O)N1CCCC1. The van der Waals surface area contributed by atoms with Gasteiger partial charge >= 0.3 is 0 Å². The van der Waals surface area contributed by atoms with Crippen molar-refractivity contribution < 1.29 is 18.0 Å². The molecule has 1 aromatic carbocycles. The highest BCUT2D eigenvalue weighted by Gasteiger charge is 2.37. The summed E-state index contributed by atoms with van der Waals surface area (Å²) in [6.07, 6.45) is 9.35. The zero-order valence-electron chi connectivity index (χ0n) is 16.9. The Labute approximate surface area is 181 Å². The van der Waals surface area contributed by atoms with E-state index in [-0.39, 0.29) is 10.8 Å². The van der Waals surface area contributed by atoms with Gasteiger partial charge in [0.15, 0.2) is 5.25 Å². The first-order valence-corrected chi connectivity index (χ1v) is 12.9. The number of thioether (sulfide) groups is 1. The lowest BCUT2D eigenvalue weighted by Gasteiger charge is -2.27. The van der Waals surface area contributed by atoms with Gasteiger partial charge in [-0.05, 0) is 63.1 Å². The van der Waals surface area contributed by atoms with Crippen molar-refractivity contribution in [3.8, 4) is 0 Å². The number of anilines is 1. The van der Waals surface area contributed by atoms with Crippen LogP contribution in [0.25, 0.3) is 0 Å². The summed E-state index contributed by atoms with van der Waals surface area (Å²) in [5.74, 6) is -0.563. The number of fused-ring (bicyclic) bond motifs is 1. The molecular weight excluding hydrogens is 422 g/mol. The van der Waals surface area contributed by atoms with Crippen LogP contribution >= 0.6 is 11.8 Å². The molecule has 1 fully saturated rings. The van der Waals surface area contributed by atoms with E-state index < -0.39 is 21.2 Å². The van der Waals surface area contributed by atoms with Crippen LogP contribution in [0.4, 0.5) is 5.69 Å². The van der Waals surface area contributed by atoms with Crippen molar-refractivity contribution in [1.29, 1.82) is 0 Å². The van der Waals surface area contributed by atoms with Crippen LogP contribution in [0, 0.1) is 0 Å². The Morgan fingerprint density at radius 1 is 1.20 bits per heavy atom. The smallest absolute Gasteiger partial charge is 0.247 e. The van der Waals surface area contributed by atoms with E-state index in [1.54, 1.807) is 11.0 Å². The van der Waals surface area contributed by atoms with Crippen LogP contribution in [-0.2, 0) is 19.6 Å². The monoisotopic (exact) mass is 449 g/mol. The number of amides is 2. The summed E-state index contributed by atoms with van der Waals surface area (Å²) in [6, 6.07) is 4.67. The Morgan fingerprint density at radius 3 is 2.73 bits per heavy atom. The Morgan fingerprint density at radius 2 is 2.00 bits per heavy atom. The molecule has 2 aliphatic heterocycles. The van der Waals surface area contributed by atoms with Crippen LogP contribution in [0.3, 0.4) is 0 Å². The number of likely N-dealkylation sites (tertiary alicyclic amines) is 1. The van der Waals surface area contributed by atoms with Gasteiger partial charge in [0.1, 0.15) is 0 Å². The molecule has 0 bridgehead atoms. The van der Waals surface area contributed by atoms with Crippen molar-refractivity contribution in [3.05, 3.63) is 29.8 Å². The second-order valence-corrected chi connectivity index (χ2v) is 10.8. The average Bonchev–Trinajstić information content (AvgIpc) is 3.28. The number of nitrogens with one attached hydrogen (secondary N) is 2. The predicted octanol–water partition coefficient (Wildman–Crippen LogP) is 2.89. The molecule has 2 heterocycles. The first-order chi connectivity index (χ1) is 14.4. The highest BCUT2D eigenvalue weighted by Crippen LogP contribution is 2.38. The molecule has 30 heavy (non-hydrogen) atoms. The number of carbonyl (C=O) groups excluding carboxylic acids is 2. The maximum Gasteiger partial charge on any atom is 0.247 e. The quantitative estimate of drug-likeness (QED) is 0.514. The summed E-state index contributed by atoms with van der Waals surface area (Å²) in [5.41, 5.74) is 1.75. The van der Waals surface area contributed by atoms with E-state index in [0.29, 0.717) is 30.2 Å². The van der Waals surface area contributed by atoms with Gasteiger partial charge in [-0.1, -0.05) is 11.6 Å². The van der Waals surface area contributed by atoms with Crippen LogP contribution in [0.5, 0.6) is 0 Å². The second kappa shape index (κ2) is 9.11. The predicted molar refractivity (Wildman–Crippen MR) is 117 cm³/mol. The van der Waals surface area contributed by atoms with E-state index in [1.165, 1.54) is 42.3 Å². The molecular formula is C21H27N3O4S2. The molecule has 162 valence electrons. The van der Waals surface area contributed by atoms with Gasteiger partial charge < -0.3 is 10.2 Å². The normalized spacial score (nSPS) is 21.7. The minimum absolute atomic E-state index is 0.115. The molecule has 2 amide bonds. The van der Waals surface area contributed by atoms with Gasteiger partial charge in [0.2, 0.25) is 21.8 Å². The molecule has 7 nitrogen and oxygen atoms in total. The van der Waals surface area contributed by atoms with Gasteiger partial charge in [0.25, 0.3) is 0 Å². The maximum absolute atomic E-state index is 12.7. The Hall–Kier alpha value is -1.84. The van der Waals surface area contributed by atoms with Crippen LogP contribution in [0.2, 0.25) is 0 Å². The number of rotatable bonds is 6. The molecule has 2 N–H and O–H groups in total. The molecule has 9 heteroatoms. The summed E-state index contributed by atoms with van der Waals surface area (Å²) >= 11 is 1.19. The molecule has 1 saturated heterocycles. The van der Waals surface area contributed by atoms with Gasteiger partial charge in [-0.2, -0.15) is 0 Å². The number of nitrogens with zero attached hydrogens (tertiary/aromatic N) is 1. The van der Waals surface area contributed by atoms with Crippen LogP contribution in [0.1, 0.15) is 44.9 Å². The first-order valence-electron chi connectivity index (χ1n) is 10.5. The van der Waals surface area contributed by atoms with Gasteiger partial charge in [0, 0.05) is 24.5 Å². The van der Waals surface area contributed by atoms with Crippen molar-refractivity contribution >= 4 is 39.3 Å². The molecule has 0 aromatic heterocycles. The molecule has 1 aliphatic carbocycles. The zero-order valence-corrected chi connectivity index (χ0v) is 18.5. The average molecular weight is 450 g/mol. The minimum atomic E-state index is -3.67. The Bertz CT molecular complexity index is 968. The standard InChI is InChI=1S/C21H27N3O4S2/c25-20-19(21(26)24-12-4-5-13-24)29-18-9-8-16(14-17(18)23-20)30(27,28)22-11-10-15-6-2-1-3-7-15/h6,8-9,14,19,22H,1-5,7,10-13H2,(H,23,25)/t19-/m0/s1. The van der Waals surface area contributed by atoms with E-state index in [0.717, 1.165) is 32.1 Å². The van der Waals surface area contributed by atoms with Crippen molar-refractivity contribution in [2.45, 2.75) is 60.0 Å². The number of hydrogen-bond donors (Lipinski definition) is 2. The molecule has 0 spiro atoms. The molecule has 4 rings (SSSR count). The lowest BCUT2D eigenvalue weighted by Crippen LogP contribution is -2.43. The number of carbonyl (C=O) groups is 2. The lowest BCUT2D eigenvalue weighted by atomic mass is 9.97. The van der Waals surface area contributed by atoms with Crippen LogP contribution in [0.15, 0.2) is 39.6 Å². The highest BCUT2D eigenvalue weighted by atomic mass is 32.2. The lowest BCUT2D eigenvalue weighted by molar-refractivity contribution is -0.133. The van der Waals surface area contributed by atoms with E-state index in [4.69, 9.17) is 0 Å². The maximum atomic E-state index is 12.7.